The lowest BCUT2D eigenvalue weighted by Gasteiger charge is -2.55. The first-order valence-corrected chi connectivity index (χ1v) is 11.6. The molecule has 0 amide bonds. The van der Waals surface area contributed by atoms with Gasteiger partial charge in [0, 0.05) is 13.3 Å². The van der Waals surface area contributed by atoms with Gasteiger partial charge in [0.15, 0.2) is 6.10 Å². The highest BCUT2D eigenvalue weighted by Crippen LogP contribution is 2.60. The first-order chi connectivity index (χ1) is 14.0. The Hall–Kier alpha value is -1.36. The fourth-order valence-corrected chi connectivity index (χ4v) is 6.04. The number of fused-ring (bicyclic) bond motifs is 1. The Morgan fingerprint density at radius 3 is 2.57 bits per heavy atom. The first-order valence-electron chi connectivity index (χ1n) is 11.6. The zero-order valence-corrected chi connectivity index (χ0v) is 19.9. The number of carbonyl (C=O) groups is 2. The van der Waals surface area contributed by atoms with Crippen LogP contribution in [0, 0.1) is 22.7 Å². The van der Waals surface area contributed by atoms with E-state index in [0.29, 0.717) is 11.8 Å². The summed E-state index contributed by atoms with van der Waals surface area (Å²) in [6.45, 7) is 12.6. The Labute approximate surface area is 182 Å². The van der Waals surface area contributed by atoms with Crippen molar-refractivity contribution in [1.29, 1.82) is 0 Å². The molecule has 5 heteroatoms. The molecule has 0 heterocycles. The van der Waals surface area contributed by atoms with E-state index >= 15 is 0 Å². The van der Waals surface area contributed by atoms with Crippen molar-refractivity contribution in [2.45, 2.75) is 99.0 Å². The number of aliphatic hydroxyl groups excluding tert-OH is 1. The molecule has 2 rings (SSSR count). The molecule has 4 atom stereocenters. The van der Waals surface area contributed by atoms with Gasteiger partial charge in [-0.25, -0.2) is 0 Å². The zero-order valence-electron chi connectivity index (χ0n) is 19.9. The van der Waals surface area contributed by atoms with Crippen LogP contribution in [0.2, 0.25) is 0 Å². The fraction of sp³-hybridized carbons (Fsp3) is 0.840. The van der Waals surface area contributed by atoms with Gasteiger partial charge in [-0.05, 0) is 68.1 Å². The van der Waals surface area contributed by atoms with Crippen LogP contribution >= 0.6 is 0 Å². The fourth-order valence-electron chi connectivity index (χ4n) is 6.04. The van der Waals surface area contributed by atoms with Gasteiger partial charge in [0.25, 0.3) is 0 Å². The van der Waals surface area contributed by atoms with Crippen LogP contribution in [0.5, 0.6) is 0 Å². The summed E-state index contributed by atoms with van der Waals surface area (Å²) >= 11 is 0. The molecule has 5 nitrogen and oxygen atoms in total. The zero-order chi connectivity index (χ0) is 22.5. The standard InChI is InChI=1S/C25H42O5/c1-17(14-23(28)30-20(15-26)16-29-19(3)27)8-10-21-18(2)9-11-22-24(4,5)12-7-13-25(21,22)6/h17,20,22,26H,7-16H2,1-6H3/t17-,20+,22?,25+/m1/s1. The average molecular weight is 423 g/mol. The summed E-state index contributed by atoms with van der Waals surface area (Å²) in [5, 5.41) is 9.33. The van der Waals surface area contributed by atoms with Crippen LogP contribution in [0.25, 0.3) is 0 Å². The molecule has 172 valence electrons. The predicted molar refractivity (Wildman–Crippen MR) is 118 cm³/mol. The van der Waals surface area contributed by atoms with Gasteiger partial charge in [-0.2, -0.15) is 0 Å². The van der Waals surface area contributed by atoms with Crippen LogP contribution in [0.3, 0.4) is 0 Å². The molecule has 0 bridgehead atoms. The molecule has 0 radical (unpaired) electrons. The van der Waals surface area contributed by atoms with E-state index < -0.39 is 12.1 Å². The van der Waals surface area contributed by atoms with Gasteiger partial charge in [-0.3, -0.25) is 9.59 Å². The number of rotatable bonds is 9. The van der Waals surface area contributed by atoms with Crippen molar-refractivity contribution in [3.05, 3.63) is 11.1 Å². The summed E-state index contributed by atoms with van der Waals surface area (Å²) < 4.78 is 10.1. The molecule has 0 saturated heterocycles. The second kappa shape index (κ2) is 10.3. The number of hydrogen-bond acceptors (Lipinski definition) is 5. The van der Waals surface area contributed by atoms with Crippen molar-refractivity contribution in [3.8, 4) is 0 Å². The Morgan fingerprint density at radius 1 is 1.23 bits per heavy atom. The van der Waals surface area contributed by atoms with Crippen LogP contribution in [0.15, 0.2) is 11.1 Å². The summed E-state index contributed by atoms with van der Waals surface area (Å²) in [7, 11) is 0. The molecule has 0 aromatic heterocycles. The van der Waals surface area contributed by atoms with Crippen LogP contribution in [-0.4, -0.2) is 36.4 Å². The number of hydrogen-bond donors (Lipinski definition) is 1. The first kappa shape index (κ1) is 24.9. The minimum Gasteiger partial charge on any atom is -0.462 e. The number of aliphatic hydroxyl groups is 1. The lowest BCUT2D eigenvalue weighted by atomic mass is 9.50. The summed E-state index contributed by atoms with van der Waals surface area (Å²) in [5.74, 6) is 0.147. The van der Waals surface area contributed by atoms with E-state index in [0.717, 1.165) is 18.8 Å². The third-order valence-electron chi connectivity index (χ3n) is 7.62. The van der Waals surface area contributed by atoms with E-state index in [1.165, 1.54) is 39.0 Å². The van der Waals surface area contributed by atoms with Gasteiger partial charge in [-0.15, -0.1) is 0 Å². The monoisotopic (exact) mass is 422 g/mol. The van der Waals surface area contributed by atoms with Gasteiger partial charge in [0.2, 0.25) is 0 Å². The molecule has 1 unspecified atom stereocenters. The number of allylic oxidation sites excluding steroid dienone is 2. The Morgan fingerprint density at radius 2 is 1.93 bits per heavy atom. The average Bonchev–Trinajstić information content (AvgIpc) is 2.63. The van der Waals surface area contributed by atoms with E-state index in [1.807, 2.05) is 0 Å². The summed E-state index contributed by atoms with van der Waals surface area (Å²) in [4.78, 5) is 23.2. The molecule has 2 aliphatic rings. The summed E-state index contributed by atoms with van der Waals surface area (Å²) in [5.41, 5.74) is 3.88. The molecule has 2 aliphatic carbocycles. The van der Waals surface area contributed by atoms with Crippen molar-refractivity contribution >= 4 is 11.9 Å². The third-order valence-corrected chi connectivity index (χ3v) is 7.62. The van der Waals surface area contributed by atoms with Crippen LogP contribution in [-0.2, 0) is 19.1 Å². The number of esters is 2. The Kier molecular flexibility index (Phi) is 8.55. The van der Waals surface area contributed by atoms with Crippen molar-refractivity contribution in [3.63, 3.8) is 0 Å². The van der Waals surface area contributed by atoms with E-state index in [2.05, 4.69) is 34.6 Å². The summed E-state index contributed by atoms with van der Waals surface area (Å²) in [6.07, 6.45) is 7.91. The molecule has 1 fully saturated rings. The molecule has 1 saturated carbocycles. The molecule has 0 aliphatic heterocycles. The van der Waals surface area contributed by atoms with E-state index in [9.17, 15) is 14.7 Å². The van der Waals surface area contributed by atoms with Gasteiger partial charge < -0.3 is 14.6 Å². The molecular formula is C25H42O5. The summed E-state index contributed by atoms with van der Waals surface area (Å²) in [6, 6.07) is 0. The molecule has 0 spiro atoms. The topological polar surface area (TPSA) is 72.8 Å². The SMILES string of the molecule is CC(=O)OC[C@H](CO)OC(=O)C[C@H](C)CCC1=C(C)CCC2C(C)(C)CCC[C@@]12C. The Bertz CT molecular complexity index is 650. The maximum absolute atomic E-state index is 12.3. The lowest BCUT2D eigenvalue weighted by Crippen LogP contribution is -2.45. The highest BCUT2D eigenvalue weighted by molar-refractivity contribution is 5.70. The van der Waals surface area contributed by atoms with E-state index in [1.54, 1.807) is 11.1 Å². The molecule has 0 aromatic carbocycles. The molecule has 30 heavy (non-hydrogen) atoms. The van der Waals surface area contributed by atoms with E-state index in [-0.39, 0.29) is 30.5 Å². The quantitative estimate of drug-likeness (QED) is 0.408. The lowest BCUT2D eigenvalue weighted by molar-refractivity contribution is -0.161. The smallest absolute Gasteiger partial charge is 0.306 e. The van der Waals surface area contributed by atoms with Crippen LogP contribution in [0.4, 0.5) is 0 Å². The van der Waals surface area contributed by atoms with Crippen molar-refractivity contribution in [2.75, 3.05) is 13.2 Å². The van der Waals surface area contributed by atoms with Gasteiger partial charge in [0.1, 0.15) is 6.61 Å². The van der Waals surface area contributed by atoms with Crippen LogP contribution in [0.1, 0.15) is 92.9 Å². The van der Waals surface area contributed by atoms with Gasteiger partial charge in [-0.1, -0.05) is 45.3 Å². The van der Waals surface area contributed by atoms with Crippen molar-refractivity contribution in [1.82, 2.24) is 0 Å². The molecular weight excluding hydrogens is 380 g/mol. The number of carbonyl (C=O) groups excluding carboxylic acids is 2. The van der Waals surface area contributed by atoms with Gasteiger partial charge in [0.05, 0.1) is 6.61 Å². The minimum absolute atomic E-state index is 0.104. The van der Waals surface area contributed by atoms with E-state index in [4.69, 9.17) is 9.47 Å². The highest BCUT2D eigenvalue weighted by atomic mass is 16.6. The number of ether oxygens (including phenoxy) is 2. The van der Waals surface area contributed by atoms with Crippen molar-refractivity contribution in [2.24, 2.45) is 22.7 Å². The molecule has 1 N–H and O–H groups in total. The highest BCUT2D eigenvalue weighted by Gasteiger charge is 2.49. The minimum atomic E-state index is -0.791. The second-order valence-corrected chi connectivity index (χ2v) is 10.6. The van der Waals surface area contributed by atoms with Crippen molar-refractivity contribution < 1.29 is 24.2 Å². The maximum Gasteiger partial charge on any atom is 0.306 e. The third kappa shape index (κ3) is 6.09. The second-order valence-electron chi connectivity index (χ2n) is 10.6. The largest absolute Gasteiger partial charge is 0.462 e. The molecule has 0 aromatic rings. The van der Waals surface area contributed by atoms with Crippen LogP contribution < -0.4 is 0 Å². The van der Waals surface area contributed by atoms with Gasteiger partial charge >= 0.3 is 11.9 Å². The normalized spacial score (nSPS) is 27.8. The maximum atomic E-state index is 12.3. The predicted octanol–water partition coefficient (Wildman–Crippen LogP) is 5.20. The Balaban J connectivity index is 1.92.